The lowest BCUT2D eigenvalue weighted by molar-refractivity contribution is -0.218. The average molecular weight is 803 g/mol. The van der Waals surface area contributed by atoms with Crippen LogP contribution in [0.25, 0.3) is 0 Å². The molecule has 5 aromatic rings. The highest BCUT2D eigenvalue weighted by atomic mass is 16.6. The molecule has 0 aliphatic rings. The van der Waals surface area contributed by atoms with E-state index in [1.807, 2.05) is 160 Å². The van der Waals surface area contributed by atoms with Gasteiger partial charge in [-0.15, -0.1) is 6.58 Å². The summed E-state index contributed by atoms with van der Waals surface area (Å²) in [6.07, 6.45) is -2.61. The number of rotatable bonds is 24. The molecule has 0 radical (unpaired) electrons. The van der Waals surface area contributed by atoms with Gasteiger partial charge >= 0.3 is 5.97 Å². The lowest BCUT2D eigenvalue weighted by atomic mass is 9.95. The maximum absolute atomic E-state index is 13.9. The minimum absolute atomic E-state index is 0.0119. The maximum atomic E-state index is 13.9. The number of benzene rings is 5. The summed E-state index contributed by atoms with van der Waals surface area (Å²) in [5.74, 6) is 0.782. The van der Waals surface area contributed by atoms with Gasteiger partial charge in [-0.2, -0.15) is 0 Å². The van der Waals surface area contributed by atoms with E-state index in [0.29, 0.717) is 18.1 Å². The van der Waals surface area contributed by atoms with Gasteiger partial charge < -0.3 is 37.9 Å². The van der Waals surface area contributed by atoms with Crippen LogP contribution in [0.4, 0.5) is 0 Å². The molecule has 0 fully saturated rings. The minimum atomic E-state index is -0.936. The Morgan fingerprint density at radius 2 is 0.983 bits per heavy atom. The first kappa shape index (κ1) is 44.8. The zero-order valence-corrected chi connectivity index (χ0v) is 34.9. The SMILES string of the molecule is C=C[C@@H](OCc1ccc(OC)c(OC)c1)[C@H](OCc1ccccc1)[C@@H](OCc1ccccc1)[C@H](OCc1ccccc1)[C@@H](COCc1ccccc1)OC(=O)C(C)(C)C. The highest BCUT2D eigenvalue weighted by Crippen LogP contribution is 2.31. The molecule has 5 atom stereocenters. The molecule has 0 saturated carbocycles. The molecule has 0 saturated heterocycles. The normalized spacial score (nSPS) is 14.1. The molecule has 312 valence electrons. The van der Waals surface area contributed by atoms with E-state index in [1.54, 1.807) is 20.3 Å². The minimum Gasteiger partial charge on any atom is -0.493 e. The Hall–Kier alpha value is -5.29. The van der Waals surface area contributed by atoms with Crippen molar-refractivity contribution in [3.63, 3.8) is 0 Å². The van der Waals surface area contributed by atoms with Crippen LogP contribution < -0.4 is 9.47 Å². The van der Waals surface area contributed by atoms with Crippen molar-refractivity contribution in [3.05, 3.63) is 180 Å². The van der Waals surface area contributed by atoms with Crippen LogP contribution in [-0.4, -0.2) is 57.3 Å². The molecule has 0 aliphatic carbocycles. The third-order valence-corrected chi connectivity index (χ3v) is 9.58. The van der Waals surface area contributed by atoms with Crippen molar-refractivity contribution in [2.24, 2.45) is 5.41 Å². The second kappa shape index (κ2) is 23.3. The van der Waals surface area contributed by atoms with E-state index >= 15 is 0 Å². The molecule has 0 heterocycles. The molecule has 0 amide bonds. The van der Waals surface area contributed by atoms with Gasteiger partial charge in [-0.3, -0.25) is 4.79 Å². The van der Waals surface area contributed by atoms with Crippen molar-refractivity contribution >= 4 is 5.97 Å². The summed E-state index contributed by atoms with van der Waals surface area (Å²) < 4.78 is 51.3. The number of hydrogen-bond donors (Lipinski definition) is 0. The number of esters is 1. The Kier molecular flexibility index (Phi) is 17.7. The van der Waals surface area contributed by atoms with Crippen LogP contribution in [0, 0.1) is 5.41 Å². The number of methoxy groups -OCH3 is 2. The van der Waals surface area contributed by atoms with Crippen molar-refractivity contribution in [2.45, 2.75) is 84.3 Å². The van der Waals surface area contributed by atoms with Gasteiger partial charge in [-0.25, -0.2) is 0 Å². The summed E-state index contributed by atoms with van der Waals surface area (Å²) in [6.45, 7) is 10.8. The molecule has 5 rings (SSSR count). The predicted octanol–water partition coefficient (Wildman–Crippen LogP) is 9.71. The van der Waals surface area contributed by atoms with E-state index in [-0.39, 0.29) is 33.0 Å². The zero-order valence-electron chi connectivity index (χ0n) is 34.9. The van der Waals surface area contributed by atoms with Gasteiger partial charge in [0, 0.05) is 0 Å². The summed E-state index contributed by atoms with van der Waals surface area (Å²) in [5, 5.41) is 0. The topological polar surface area (TPSA) is 90.9 Å². The number of ether oxygens (including phenoxy) is 8. The van der Waals surface area contributed by atoms with Crippen LogP contribution in [0.3, 0.4) is 0 Å². The number of carbonyl (C=O) groups excluding carboxylic acids is 1. The van der Waals surface area contributed by atoms with Crippen LogP contribution in [0.2, 0.25) is 0 Å². The van der Waals surface area contributed by atoms with Crippen molar-refractivity contribution in [2.75, 3.05) is 20.8 Å². The van der Waals surface area contributed by atoms with E-state index in [4.69, 9.17) is 37.9 Å². The summed E-state index contributed by atoms with van der Waals surface area (Å²) in [6, 6.07) is 45.1. The van der Waals surface area contributed by atoms with Crippen LogP contribution in [-0.2, 0) is 66.3 Å². The number of carbonyl (C=O) groups is 1. The summed E-state index contributed by atoms with van der Waals surface area (Å²) in [7, 11) is 3.19. The van der Waals surface area contributed by atoms with Gasteiger partial charge in [0.05, 0.1) is 59.3 Å². The van der Waals surface area contributed by atoms with Crippen molar-refractivity contribution < 1.29 is 42.7 Å². The number of hydrogen-bond acceptors (Lipinski definition) is 9. The fourth-order valence-corrected chi connectivity index (χ4v) is 6.30. The van der Waals surface area contributed by atoms with Crippen LogP contribution >= 0.6 is 0 Å². The zero-order chi connectivity index (χ0) is 41.9. The average Bonchev–Trinajstić information content (AvgIpc) is 3.26. The summed E-state index contributed by atoms with van der Waals surface area (Å²) in [5.41, 5.74) is 3.82. The highest BCUT2D eigenvalue weighted by Gasteiger charge is 2.44. The second-order valence-electron chi connectivity index (χ2n) is 15.2. The smallest absolute Gasteiger partial charge is 0.311 e. The van der Waals surface area contributed by atoms with Gasteiger partial charge in [0.25, 0.3) is 0 Å². The molecular formula is C50H58O9. The quantitative estimate of drug-likeness (QED) is 0.0447. The predicted molar refractivity (Wildman–Crippen MR) is 229 cm³/mol. The molecule has 9 nitrogen and oxygen atoms in total. The molecule has 59 heavy (non-hydrogen) atoms. The molecule has 0 N–H and O–H groups in total. The highest BCUT2D eigenvalue weighted by molar-refractivity contribution is 5.75. The fraction of sp³-hybridized carbons (Fsp3) is 0.340. The molecule has 0 bridgehead atoms. The van der Waals surface area contributed by atoms with Crippen molar-refractivity contribution in [1.29, 1.82) is 0 Å². The first-order valence-corrected chi connectivity index (χ1v) is 19.9. The standard InChI is InChI=1S/C50H58O9/c1-7-42(55-35-41-28-29-43(52-5)44(30-41)53-6)46(56-32-38-22-14-9-15-23-38)48(58-34-40-26-18-11-19-27-40)47(57-33-39-24-16-10-17-25-39)45(59-49(51)50(2,3)4)36-54-31-37-20-12-8-13-21-37/h7-30,42,45-48H,1,31-36H2,2-6H3/t42-,45-,46+,47-,48-/m1/s1. The van der Waals surface area contributed by atoms with Gasteiger partial charge in [0.15, 0.2) is 17.6 Å². The van der Waals surface area contributed by atoms with E-state index in [1.165, 1.54) is 0 Å². The van der Waals surface area contributed by atoms with Gasteiger partial charge in [-0.1, -0.05) is 133 Å². The van der Waals surface area contributed by atoms with Gasteiger partial charge in [0.1, 0.15) is 24.4 Å². The van der Waals surface area contributed by atoms with E-state index < -0.39 is 41.9 Å². The third kappa shape index (κ3) is 14.2. The molecule has 0 aliphatic heterocycles. The molecule has 0 aromatic heterocycles. The summed E-state index contributed by atoms with van der Waals surface area (Å²) in [4.78, 5) is 13.9. The Morgan fingerprint density at radius 3 is 1.44 bits per heavy atom. The molecule has 9 heteroatoms. The monoisotopic (exact) mass is 802 g/mol. The first-order valence-electron chi connectivity index (χ1n) is 19.9. The lowest BCUT2D eigenvalue weighted by Crippen LogP contribution is -2.55. The van der Waals surface area contributed by atoms with Gasteiger partial charge in [0.2, 0.25) is 0 Å². The van der Waals surface area contributed by atoms with E-state index in [9.17, 15) is 4.79 Å². The second-order valence-corrected chi connectivity index (χ2v) is 15.2. The molecular weight excluding hydrogens is 745 g/mol. The lowest BCUT2D eigenvalue weighted by Gasteiger charge is -2.40. The van der Waals surface area contributed by atoms with Crippen molar-refractivity contribution in [3.8, 4) is 11.5 Å². The Morgan fingerprint density at radius 1 is 0.542 bits per heavy atom. The Bertz CT molecular complexity index is 1950. The maximum Gasteiger partial charge on any atom is 0.311 e. The molecule has 0 spiro atoms. The largest absolute Gasteiger partial charge is 0.493 e. The summed E-state index contributed by atoms with van der Waals surface area (Å²) >= 11 is 0. The van der Waals surface area contributed by atoms with Crippen molar-refractivity contribution in [1.82, 2.24) is 0 Å². The van der Waals surface area contributed by atoms with E-state index in [2.05, 4.69) is 6.58 Å². The van der Waals surface area contributed by atoms with Gasteiger partial charge in [-0.05, 0) is 60.7 Å². The molecule has 5 aromatic carbocycles. The first-order chi connectivity index (χ1) is 28.7. The Balaban J connectivity index is 1.59. The van der Waals surface area contributed by atoms with Crippen LogP contribution in [0.15, 0.2) is 152 Å². The van der Waals surface area contributed by atoms with Crippen LogP contribution in [0.1, 0.15) is 48.6 Å². The molecule has 0 unspecified atom stereocenters. The Labute approximate surface area is 349 Å². The third-order valence-electron chi connectivity index (χ3n) is 9.58. The van der Waals surface area contributed by atoms with E-state index in [0.717, 1.165) is 27.8 Å². The fourth-order valence-electron chi connectivity index (χ4n) is 6.30. The van der Waals surface area contributed by atoms with Crippen LogP contribution in [0.5, 0.6) is 11.5 Å².